The summed E-state index contributed by atoms with van der Waals surface area (Å²) in [6, 6.07) is 15.1. The van der Waals surface area contributed by atoms with Crippen LogP contribution < -0.4 is 10.6 Å². The molecule has 1 unspecified atom stereocenters. The van der Waals surface area contributed by atoms with Crippen molar-refractivity contribution in [2.75, 3.05) is 10.6 Å². The number of thiocarbonyl (C=S) groups is 1. The number of rotatable bonds is 6. The van der Waals surface area contributed by atoms with Gasteiger partial charge in [-0.05, 0) is 62.2 Å². The molecule has 4 nitrogen and oxygen atoms in total. The number of nitrogens with zero attached hydrogens (tertiary/aromatic N) is 2. The molecule has 2 aromatic carbocycles. The first-order valence-electron chi connectivity index (χ1n) is 9.84. The second-order valence-corrected chi connectivity index (χ2v) is 7.71. The Kier molecular flexibility index (Phi) is 6.64. The van der Waals surface area contributed by atoms with Gasteiger partial charge in [0, 0.05) is 11.3 Å². The van der Waals surface area contributed by atoms with Crippen LogP contribution in [0.15, 0.2) is 48.5 Å². The molecule has 3 rings (SSSR count). The largest absolute Gasteiger partial charge is 0.332 e. The average Bonchev–Trinajstić information content (AvgIpc) is 2.97. The van der Waals surface area contributed by atoms with Gasteiger partial charge in [-0.25, -0.2) is 4.39 Å². The van der Waals surface area contributed by atoms with Crippen LogP contribution in [0.5, 0.6) is 0 Å². The summed E-state index contributed by atoms with van der Waals surface area (Å²) < 4.78 is 15.8. The van der Waals surface area contributed by atoms with E-state index in [0.29, 0.717) is 23.1 Å². The van der Waals surface area contributed by atoms with Crippen LogP contribution in [-0.2, 0) is 6.54 Å². The van der Waals surface area contributed by atoms with Crippen LogP contribution in [0.1, 0.15) is 48.7 Å². The van der Waals surface area contributed by atoms with Gasteiger partial charge in [0.25, 0.3) is 0 Å². The molecule has 6 heteroatoms. The minimum absolute atomic E-state index is 0.229. The predicted molar refractivity (Wildman–Crippen MR) is 122 cm³/mol. The topological polar surface area (TPSA) is 41.9 Å². The minimum atomic E-state index is -0.229. The van der Waals surface area contributed by atoms with Gasteiger partial charge in [-0.3, -0.25) is 4.68 Å². The Balaban J connectivity index is 1.69. The molecule has 0 bridgehead atoms. The normalized spacial score (nSPS) is 11.9. The Hall–Kier alpha value is -2.73. The highest BCUT2D eigenvalue weighted by atomic mass is 32.1. The van der Waals surface area contributed by atoms with E-state index in [0.717, 1.165) is 29.2 Å². The maximum atomic E-state index is 14.0. The van der Waals surface area contributed by atoms with Crippen molar-refractivity contribution in [3.63, 3.8) is 0 Å². The smallest absolute Gasteiger partial charge is 0.175 e. The van der Waals surface area contributed by atoms with Crippen molar-refractivity contribution >= 4 is 28.7 Å². The van der Waals surface area contributed by atoms with Crippen LogP contribution in [0.25, 0.3) is 0 Å². The third-order valence-corrected chi connectivity index (χ3v) is 5.45. The number of aromatic nitrogens is 2. The van der Waals surface area contributed by atoms with Crippen LogP contribution in [0.2, 0.25) is 0 Å². The third kappa shape index (κ3) is 5.01. The second-order valence-electron chi connectivity index (χ2n) is 7.31. The predicted octanol–water partition coefficient (Wildman–Crippen LogP) is 6.01. The third-order valence-electron chi connectivity index (χ3n) is 5.25. The summed E-state index contributed by atoms with van der Waals surface area (Å²) in [5, 5.41) is 11.5. The van der Waals surface area contributed by atoms with Gasteiger partial charge in [0.1, 0.15) is 5.82 Å². The molecule has 0 saturated heterocycles. The molecule has 1 atom stereocenters. The minimum Gasteiger partial charge on any atom is -0.332 e. The molecule has 0 aliphatic carbocycles. The number of benzene rings is 2. The van der Waals surface area contributed by atoms with E-state index in [1.807, 2.05) is 32.0 Å². The van der Waals surface area contributed by atoms with Gasteiger partial charge < -0.3 is 10.6 Å². The maximum absolute atomic E-state index is 14.0. The van der Waals surface area contributed by atoms with Crippen LogP contribution in [0.3, 0.4) is 0 Å². The molecule has 29 heavy (non-hydrogen) atoms. The molecule has 0 spiro atoms. The standard InChI is InChI=1S/C23H27FN4S/c1-5-15(2)18-10-12-20(13-11-18)25-23(29)26-22-16(3)27-28(17(22)4)14-19-8-6-7-9-21(19)24/h6-13,15H,5,14H2,1-4H3,(H2,25,26,29). The van der Waals surface area contributed by atoms with Gasteiger partial charge in [0.15, 0.2) is 5.11 Å². The molecule has 0 aliphatic rings. The lowest BCUT2D eigenvalue weighted by Gasteiger charge is -2.13. The fourth-order valence-electron chi connectivity index (χ4n) is 3.23. The molecule has 0 saturated carbocycles. The molecule has 1 heterocycles. The summed E-state index contributed by atoms with van der Waals surface area (Å²) in [6.45, 7) is 8.65. The van der Waals surface area contributed by atoms with Gasteiger partial charge >= 0.3 is 0 Å². The number of nitrogens with one attached hydrogen (secondary N) is 2. The van der Waals surface area contributed by atoms with E-state index in [1.54, 1.807) is 16.8 Å². The van der Waals surface area contributed by atoms with E-state index in [-0.39, 0.29) is 5.82 Å². The SMILES string of the molecule is CCC(C)c1ccc(NC(=S)Nc2c(C)nn(Cc3ccccc3F)c2C)cc1. The van der Waals surface area contributed by atoms with Crippen molar-refractivity contribution < 1.29 is 4.39 Å². The first-order chi connectivity index (χ1) is 13.9. The van der Waals surface area contributed by atoms with Crippen LogP contribution in [0.4, 0.5) is 15.8 Å². The van der Waals surface area contributed by atoms with E-state index in [4.69, 9.17) is 12.2 Å². The number of hydrogen-bond acceptors (Lipinski definition) is 2. The first-order valence-corrected chi connectivity index (χ1v) is 10.2. The molecule has 0 fully saturated rings. The summed E-state index contributed by atoms with van der Waals surface area (Å²) in [4.78, 5) is 0. The van der Waals surface area contributed by atoms with Crippen LogP contribution in [-0.4, -0.2) is 14.9 Å². The molecule has 0 aliphatic heterocycles. The van der Waals surface area contributed by atoms with Crippen molar-refractivity contribution in [1.82, 2.24) is 9.78 Å². The van der Waals surface area contributed by atoms with Crippen molar-refractivity contribution in [3.05, 3.63) is 76.9 Å². The Labute approximate surface area is 177 Å². The molecule has 152 valence electrons. The van der Waals surface area contributed by atoms with Crippen molar-refractivity contribution in [2.24, 2.45) is 0 Å². The van der Waals surface area contributed by atoms with E-state index in [9.17, 15) is 4.39 Å². The van der Waals surface area contributed by atoms with Gasteiger partial charge in [0.2, 0.25) is 0 Å². The average molecular weight is 411 g/mol. The maximum Gasteiger partial charge on any atom is 0.175 e. The Morgan fingerprint density at radius 2 is 1.79 bits per heavy atom. The van der Waals surface area contributed by atoms with Gasteiger partial charge in [0.05, 0.1) is 23.6 Å². The quantitative estimate of drug-likeness (QED) is 0.488. The number of anilines is 2. The van der Waals surface area contributed by atoms with E-state index >= 15 is 0 Å². The zero-order valence-corrected chi connectivity index (χ0v) is 18.1. The lowest BCUT2D eigenvalue weighted by Crippen LogP contribution is -2.20. The van der Waals surface area contributed by atoms with Crippen LogP contribution >= 0.6 is 12.2 Å². The summed E-state index contributed by atoms with van der Waals surface area (Å²) in [5.74, 6) is 0.312. The second kappa shape index (κ2) is 9.18. The molecule has 0 amide bonds. The number of hydrogen-bond donors (Lipinski definition) is 2. The monoisotopic (exact) mass is 410 g/mol. The highest BCUT2D eigenvalue weighted by Crippen LogP contribution is 2.23. The van der Waals surface area contributed by atoms with E-state index in [1.165, 1.54) is 11.6 Å². The first kappa shape index (κ1) is 21.0. The van der Waals surface area contributed by atoms with Crippen molar-refractivity contribution in [3.8, 4) is 0 Å². The number of aryl methyl sites for hydroxylation is 1. The lowest BCUT2D eigenvalue weighted by atomic mass is 9.99. The van der Waals surface area contributed by atoms with Gasteiger partial charge in [-0.1, -0.05) is 44.2 Å². The molecule has 3 aromatic rings. The van der Waals surface area contributed by atoms with E-state index < -0.39 is 0 Å². The zero-order valence-electron chi connectivity index (χ0n) is 17.3. The Morgan fingerprint density at radius 1 is 1.10 bits per heavy atom. The van der Waals surface area contributed by atoms with Gasteiger partial charge in [-0.2, -0.15) is 5.10 Å². The highest BCUT2D eigenvalue weighted by molar-refractivity contribution is 7.80. The molecule has 1 aromatic heterocycles. The van der Waals surface area contributed by atoms with Crippen LogP contribution in [0, 0.1) is 19.7 Å². The van der Waals surface area contributed by atoms with Gasteiger partial charge in [-0.15, -0.1) is 0 Å². The summed E-state index contributed by atoms with van der Waals surface area (Å²) in [7, 11) is 0. The Bertz CT molecular complexity index is 995. The van der Waals surface area contributed by atoms with Crippen molar-refractivity contribution in [1.29, 1.82) is 0 Å². The zero-order chi connectivity index (χ0) is 21.0. The lowest BCUT2D eigenvalue weighted by molar-refractivity contribution is 0.579. The van der Waals surface area contributed by atoms with E-state index in [2.05, 4.69) is 41.7 Å². The number of halogens is 1. The molecule has 0 radical (unpaired) electrons. The molecular formula is C23H27FN4S. The summed E-state index contributed by atoms with van der Waals surface area (Å²) in [5.41, 5.74) is 5.42. The highest BCUT2D eigenvalue weighted by Gasteiger charge is 2.14. The summed E-state index contributed by atoms with van der Waals surface area (Å²) >= 11 is 5.49. The molecular weight excluding hydrogens is 383 g/mol. The van der Waals surface area contributed by atoms with Crippen molar-refractivity contribution in [2.45, 2.75) is 46.6 Å². The fraction of sp³-hybridized carbons (Fsp3) is 0.304. The Morgan fingerprint density at radius 3 is 2.45 bits per heavy atom. The fourth-order valence-corrected chi connectivity index (χ4v) is 3.45. The molecule has 2 N–H and O–H groups in total. The summed E-state index contributed by atoms with van der Waals surface area (Å²) in [6.07, 6.45) is 1.11.